The monoisotopic (exact) mass is 426 g/mol. The molecule has 3 amide bonds. The van der Waals surface area contributed by atoms with Crippen molar-refractivity contribution in [2.75, 3.05) is 18.4 Å². The Morgan fingerprint density at radius 2 is 1.97 bits per heavy atom. The van der Waals surface area contributed by atoms with Gasteiger partial charge in [-0.1, -0.05) is 11.6 Å². The number of benzene rings is 1. The van der Waals surface area contributed by atoms with Gasteiger partial charge in [0.15, 0.2) is 5.65 Å². The number of hydrogen-bond acceptors (Lipinski definition) is 4. The van der Waals surface area contributed by atoms with Crippen molar-refractivity contribution in [3.63, 3.8) is 0 Å². The van der Waals surface area contributed by atoms with Crippen LogP contribution in [0.15, 0.2) is 30.5 Å². The number of rotatable bonds is 4. The highest BCUT2D eigenvalue weighted by Crippen LogP contribution is 2.30. The summed E-state index contributed by atoms with van der Waals surface area (Å²) in [6.45, 7) is 5.34. The van der Waals surface area contributed by atoms with Gasteiger partial charge in [-0.3, -0.25) is 4.79 Å². The van der Waals surface area contributed by atoms with E-state index in [9.17, 15) is 9.59 Å². The number of H-pyrrole nitrogens is 1. The molecule has 3 heterocycles. The summed E-state index contributed by atoms with van der Waals surface area (Å²) in [4.78, 5) is 38.4. The maximum absolute atomic E-state index is 12.4. The van der Waals surface area contributed by atoms with Crippen molar-refractivity contribution in [2.45, 2.75) is 32.7 Å². The molecule has 0 spiro atoms. The van der Waals surface area contributed by atoms with E-state index in [-0.39, 0.29) is 18.0 Å². The number of carbonyl (C=O) groups is 2. The van der Waals surface area contributed by atoms with Crippen molar-refractivity contribution in [1.29, 1.82) is 0 Å². The van der Waals surface area contributed by atoms with Crippen molar-refractivity contribution in [3.05, 3.63) is 41.0 Å². The van der Waals surface area contributed by atoms with Crippen LogP contribution in [0.1, 0.15) is 37.0 Å². The number of carbonyl (C=O) groups excluding carboxylic acids is 2. The zero-order valence-corrected chi connectivity index (χ0v) is 17.6. The number of anilines is 1. The lowest BCUT2D eigenvalue weighted by atomic mass is 10.2. The van der Waals surface area contributed by atoms with Gasteiger partial charge in [0.1, 0.15) is 5.82 Å². The fourth-order valence-corrected chi connectivity index (χ4v) is 3.61. The molecule has 0 aliphatic carbocycles. The van der Waals surface area contributed by atoms with Gasteiger partial charge in [0.05, 0.1) is 16.1 Å². The first-order valence-corrected chi connectivity index (χ1v) is 10.3. The van der Waals surface area contributed by atoms with Gasteiger partial charge in [0.25, 0.3) is 5.91 Å². The molecule has 156 valence electrons. The highest BCUT2D eigenvalue weighted by Gasteiger charge is 2.19. The minimum absolute atomic E-state index is 0.0304. The second-order valence-electron chi connectivity index (χ2n) is 7.63. The number of aromatic amines is 1. The lowest BCUT2D eigenvalue weighted by Crippen LogP contribution is -2.32. The molecule has 4 rings (SSSR count). The quantitative estimate of drug-likeness (QED) is 0.585. The Hall–Kier alpha value is -3.13. The zero-order chi connectivity index (χ0) is 21.3. The van der Waals surface area contributed by atoms with Gasteiger partial charge in [-0.25, -0.2) is 14.8 Å². The number of likely N-dealkylation sites (tertiary alicyclic amines) is 1. The van der Waals surface area contributed by atoms with Gasteiger partial charge >= 0.3 is 6.03 Å². The van der Waals surface area contributed by atoms with Crippen molar-refractivity contribution in [3.8, 4) is 11.4 Å². The predicted molar refractivity (Wildman–Crippen MR) is 117 cm³/mol. The lowest BCUT2D eigenvalue weighted by molar-refractivity contribution is 0.0943. The van der Waals surface area contributed by atoms with Gasteiger partial charge in [0.2, 0.25) is 0 Å². The zero-order valence-electron chi connectivity index (χ0n) is 16.8. The first kappa shape index (κ1) is 20.2. The van der Waals surface area contributed by atoms with Crippen LogP contribution in [0.2, 0.25) is 5.02 Å². The van der Waals surface area contributed by atoms with Crippen LogP contribution in [0.5, 0.6) is 0 Å². The summed E-state index contributed by atoms with van der Waals surface area (Å²) in [5.74, 6) is 0.321. The minimum atomic E-state index is -0.194. The molecule has 8 nitrogen and oxygen atoms in total. The number of pyridine rings is 1. The number of hydrogen-bond donors (Lipinski definition) is 3. The smallest absolute Gasteiger partial charge is 0.321 e. The predicted octanol–water partition coefficient (Wildman–Crippen LogP) is 4.04. The third-order valence-corrected chi connectivity index (χ3v) is 5.22. The maximum atomic E-state index is 12.4. The molecule has 1 aliphatic heterocycles. The highest BCUT2D eigenvalue weighted by molar-refractivity contribution is 6.33. The van der Waals surface area contributed by atoms with E-state index in [0.717, 1.165) is 25.9 Å². The van der Waals surface area contributed by atoms with E-state index in [2.05, 4.69) is 25.6 Å². The Morgan fingerprint density at radius 1 is 1.20 bits per heavy atom. The summed E-state index contributed by atoms with van der Waals surface area (Å²) in [7, 11) is 0. The van der Waals surface area contributed by atoms with Crippen molar-refractivity contribution in [2.24, 2.45) is 0 Å². The SMILES string of the molecule is CC(C)NC(=O)c1cnc2nc(-c3cc(NC(=O)N4CCCC4)ccc3Cl)[nH]c2c1. The van der Waals surface area contributed by atoms with Crippen LogP contribution in [0.4, 0.5) is 10.5 Å². The molecule has 3 aromatic rings. The van der Waals surface area contributed by atoms with Gasteiger partial charge < -0.3 is 20.5 Å². The lowest BCUT2D eigenvalue weighted by Gasteiger charge is -2.16. The molecule has 0 unspecified atom stereocenters. The molecule has 1 saturated heterocycles. The topological polar surface area (TPSA) is 103 Å². The number of fused-ring (bicyclic) bond motifs is 1. The second kappa shape index (κ2) is 8.31. The Morgan fingerprint density at radius 3 is 2.70 bits per heavy atom. The molecule has 0 saturated carbocycles. The molecule has 30 heavy (non-hydrogen) atoms. The number of aromatic nitrogens is 3. The summed E-state index contributed by atoms with van der Waals surface area (Å²) >= 11 is 6.39. The van der Waals surface area contributed by atoms with Gasteiger partial charge in [0, 0.05) is 36.6 Å². The maximum Gasteiger partial charge on any atom is 0.321 e. The van der Waals surface area contributed by atoms with Crippen LogP contribution in [0, 0.1) is 0 Å². The van der Waals surface area contributed by atoms with Crippen LogP contribution in [-0.4, -0.2) is 50.9 Å². The van der Waals surface area contributed by atoms with Crippen molar-refractivity contribution >= 4 is 40.4 Å². The first-order valence-electron chi connectivity index (χ1n) is 9.93. The number of nitrogens with zero attached hydrogens (tertiary/aromatic N) is 3. The molecule has 3 N–H and O–H groups in total. The van der Waals surface area contributed by atoms with Crippen molar-refractivity contribution < 1.29 is 9.59 Å². The summed E-state index contributed by atoms with van der Waals surface area (Å²) in [6, 6.07) is 6.88. The Kier molecular flexibility index (Phi) is 5.59. The summed E-state index contributed by atoms with van der Waals surface area (Å²) < 4.78 is 0. The van der Waals surface area contributed by atoms with Gasteiger partial charge in [-0.2, -0.15) is 0 Å². The molecular formula is C21H23ClN6O2. The third-order valence-electron chi connectivity index (χ3n) is 4.89. The van der Waals surface area contributed by atoms with E-state index in [0.29, 0.717) is 38.8 Å². The van der Waals surface area contributed by atoms with Gasteiger partial charge in [-0.15, -0.1) is 0 Å². The van der Waals surface area contributed by atoms with Crippen LogP contribution in [-0.2, 0) is 0 Å². The summed E-state index contributed by atoms with van der Waals surface area (Å²) in [5.41, 5.74) is 2.83. The highest BCUT2D eigenvalue weighted by atomic mass is 35.5. The van der Waals surface area contributed by atoms with Crippen molar-refractivity contribution in [1.82, 2.24) is 25.2 Å². The molecule has 0 bridgehead atoms. The number of nitrogens with one attached hydrogen (secondary N) is 3. The first-order chi connectivity index (χ1) is 14.4. The summed E-state index contributed by atoms with van der Waals surface area (Å²) in [6.07, 6.45) is 3.56. The third kappa shape index (κ3) is 4.23. The summed E-state index contributed by atoms with van der Waals surface area (Å²) in [5, 5.41) is 6.25. The normalized spacial score (nSPS) is 13.8. The Bertz CT molecular complexity index is 1100. The van der Waals surface area contributed by atoms with E-state index in [1.54, 1.807) is 29.2 Å². The second-order valence-corrected chi connectivity index (χ2v) is 8.03. The van der Waals surface area contributed by atoms with Gasteiger partial charge in [-0.05, 0) is 51.0 Å². The van der Waals surface area contributed by atoms with Crippen LogP contribution in [0.25, 0.3) is 22.6 Å². The molecule has 0 radical (unpaired) electrons. The van der Waals surface area contributed by atoms with Crippen LogP contribution < -0.4 is 10.6 Å². The van der Waals surface area contributed by atoms with E-state index in [1.807, 2.05) is 13.8 Å². The minimum Gasteiger partial charge on any atom is -0.350 e. The van der Waals surface area contributed by atoms with Crippen LogP contribution in [0.3, 0.4) is 0 Å². The molecule has 9 heteroatoms. The largest absolute Gasteiger partial charge is 0.350 e. The Labute approximate surface area is 179 Å². The Balaban J connectivity index is 1.61. The number of urea groups is 1. The average Bonchev–Trinajstić information content (AvgIpc) is 3.38. The fraction of sp³-hybridized carbons (Fsp3) is 0.333. The molecule has 1 fully saturated rings. The van der Waals surface area contributed by atoms with E-state index >= 15 is 0 Å². The van der Waals surface area contributed by atoms with E-state index in [1.165, 1.54) is 6.20 Å². The number of imidazole rings is 1. The average molecular weight is 427 g/mol. The number of halogens is 1. The molecule has 1 aromatic carbocycles. The molecular weight excluding hydrogens is 404 g/mol. The molecule has 1 aliphatic rings. The fourth-order valence-electron chi connectivity index (χ4n) is 3.40. The standard InChI is InChI=1S/C21H23ClN6O2/c1-12(2)24-20(29)13-9-17-19(23-11-13)27-18(26-17)15-10-14(5-6-16(15)22)25-21(30)28-7-3-4-8-28/h5-6,9-12H,3-4,7-8H2,1-2H3,(H,24,29)(H,25,30)(H,23,26,27). The van der Waals surface area contributed by atoms with Crippen LogP contribution >= 0.6 is 11.6 Å². The van der Waals surface area contributed by atoms with E-state index in [4.69, 9.17) is 11.6 Å². The molecule has 0 atom stereocenters. The molecule has 2 aromatic heterocycles. The van der Waals surface area contributed by atoms with E-state index < -0.39 is 0 Å². The number of amides is 3.